The highest BCUT2D eigenvalue weighted by Gasteiger charge is 2.18. The van der Waals surface area contributed by atoms with Crippen LogP contribution in [0.25, 0.3) is 23.2 Å². The van der Waals surface area contributed by atoms with Crippen LogP contribution in [0.1, 0.15) is 0 Å². The normalized spacial score (nSPS) is 10.8. The molecule has 0 amide bonds. The van der Waals surface area contributed by atoms with Crippen molar-refractivity contribution < 1.29 is 4.52 Å². The van der Waals surface area contributed by atoms with Gasteiger partial charge < -0.3 is 15.2 Å². The SMILES string of the molecule is CN(c1ccccc1)c1nc(N)nc(-c2noc(-c3ccnn3C)n2)n1. The molecule has 3 aromatic heterocycles. The number of benzene rings is 1. The van der Waals surface area contributed by atoms with Crippen LogP contribution < -0.4 is 10.6 Å². The van der Waals surface area contributed by atoms with Gasteiger partial charge in [-0.2, -0.15) is 25.0 Å². The minimum Gasteiger partial charge on any atom is -0.368 e. The van der Waals surface area contributed by atoms with E-state index in [2.05, 4.69) is 30.2 Å². The van der Waals surface area contributed by atoms with Gasteiger partial charge in [-0.3, -0.25) is 4.68 Å². The van der Waals surface area contributed by atoms with Gasteiger partial charge in [-0.1, -0.05) is 23.4 Å². The average molecular weight is 349 g/mol. The Morgan fingerprint density at radius 3 is 2.54 bits per heavy atom. The molecule has 2 N–H and O–H groups in total. The van der Waals surface area contributed by atoms with E-state index in [1.54, 1.807) is 28.9 Å². The van der Waals surface area contributed by atoms with E-state index in [0.29, 0.717) is 17.5 Å². The Kier molecular flexibility index (Phi) is 3.77. The van der Waals surface area contributed by atoms with Crippen LogP contribution in [0.2, 0.25) is 0 Å². The highest BCUT2D eigenvalue weighted by molar-refractivity contribution is 5.59. The maximum Gasteiger partial charge on any atom is 0.276 e. The maximum absolute atomic E-state index is 5.85. The molecule has 4 rings (SSSR count). The van der Waals surface area contributed by atoms with Gasteiger partial charge in [0.1, 0.15) is 5.69 Å². The molecule has 0 radical (unpaired) electrons. The van der Waals surface area contributed by atoms with Crippen LogP contribution in [0.5, 0.6) is 0 Å². The van der Waals surface area contributed by atoms with E-state index in [4.69, 9.17) is 10.3 Å². The Hall–Kier alpha value is -3.82. The van der Waals surface area contributed by atoms with Gasteiger partial charge in [-0.15, -0.1) is 0 Å². The fourth-order valence-electron chi connectivity index (χ4n) is 2.40. The maximum atomic E-state index is 5.85. The first-order valence-corrected chi connectivity index (χ1v) is 7.74. The van der Waals surface area contributed by atoms with Gasteiger partial charge in [0.2, 0.25) is 23.5 Å². The van der Waals surface area contributed by atoms with Crippen molar-refractivity contribution in [1.29, 1.82) is 0 Å². The van der Waals surface area contributed by atoms with Crippen molar-refractivity contribution in [2.45, 2.75) is 0 Å². The molecule has 0 saturated carbocycles. The van der Waals surface area contributed by atoms with E-state index >= 15 is 0 Å². The third-order valence-corrected chi connectivity index (χ3v) is 3.75. The largest absolute Gasteiger partial charge is 0.368 e. The molecule has 0 aliphatic carbocycles. The summed E-state index contributed by atoms with van der Waals surface area (Å²) in [6.07, 6.45) is 1.65. The van der Waals surface area contributed by atoms with E-state index in [1.807, 2.05) is 37.4 Å². The fourth-order valence-corrected chi connectivity index (χ4v) is 2.40. The fraction of sp³-hybridized carbons (Fsp3) is 0.125. The second-order valence-corrected chi connectivity index (χ2v) is 5.47. The summed E-state index contributed by atoms with van der Waals surface area (Å²) in [4.78, 5) is 18.8. The zero-order valence-corrected chi connectivity index (χ0v) is 14.1. The molecule has 0 bridgehead atoms. The lowest BCUT2D eigenvalue weighted by Crippen LogP contribution is -2.15. The number of para-hydroxylation sites is 1. The van der Waals surface area contributed by atoms with Crippen LogP contribution in [-0.4, -0.2) is 41.9 Å². The molecule has 10 heteroatoms. The molecular formula is C16H15N9O. The molecule has 4 aromatic rings. The Balaban J connectivity index is 1.71. The van der Waals surface area contributed by atoms with E-state index < -0.39 is 0 Å². The van der Waals surface area contributed by atoms with Crippen molar-refractivity contribution in [3.05, 3.63) is 42.6 Å². The molecule has 0 spiro atoms. The smallest absolute Gasteiger partial charge is 0.276 e. The van der Waals surface area contributed by atoms with Gasteiger partial charge in [-0.25, -0.2) is 0 Å². The minimum atomic E-state index is 0.0691. The molecule has 0 unspecified atom stereocenters. The van der Waals surface area contributed by atoms with Gasteiger partial charge in [0.15, 0.2) is 0 Å². The van der Waals surface area contributed by atoms with E-state index in [-0.39, 0.29) is 17.6 Å². The summed E-state index contributed by atoms with van der Waals surface area (Å²) in [6.45, 7) is 0. The molecule has 0 fully saturated rings. The van der Waals surface area contributed by atoms with E-state index in [9.17, 15) is 0 Å². The van der Waals surface area contributed by atoms with Crippen molar-refractivity contribution in [3.63, 3.8) is 0 Å². The standard InChI is InChI=1S/C16H15N9O/c1-24(10-6-4-3-5-7-10)16-21-12(20-15(17)22-16)13-19-14(26-23-13)11-8-9-18-25(11)2/h3-9H,1-2H3,(H2,17,20,21,22). The van der Waals surface area contributed by atoms with Crippen LogP contribution in [0, 0.1) is 0 Å². The lowest BCUT2D eigenvalue weighted by molar-refractivity contribution is 0.428. The molecular weight excluding hydrogens is 334 g/mol. The third-order valence-electron chi connectivity index (χ3n) is 3.75. The summed E-state index contributed by atoms with van der Waals surface area (Å²) in [5.41, 5.74) is 7.45. The summed E-state index contributed by atoms with van der Waals surface area (Å²) < 4.78 is 6.92. The molecule has 0 saturated heterocycles. The highest BCUT2D eigenvalue weighted by atomic mass is 16.5. The molecule has 0 atom stereocenters. The molecule has 130 valence electrons. The molecule has 0 aliphatic rings. The van der Waals surface area contributed by atoms with Crippen LogP contribution in [0.4, 0.5) is 17.6 Å². The lowest BCUT2D eigenvalue weighted by Gasteiger charge is -2.17. The zero-order chi connectivity index (χ0) is 18.1. The van der Waals surface area contributed by atoms with E-state index in [1.165, 1.54) is 0 Å². The highest BCUT2D eigenvalue weighted by Crippen LogP contribution is 2.23. The first kappa shape index (κ1) is 15.7. The first-order chi connectivity index (χ1) is 12.6. The van der Waals surface area contributed by atoms with Gasteiger partial charge in [0.05, 0.1) is 0 Å². The number of nitrogens with two attached hydrogens (primary N) is 1. The third kappa shape index (κ3) is 2.83. The van der Waals surface area contributed by atoms with Crippen molar-refractivity contribution in [3.8, 4) is 23.2 Å². The number of aromatic nitrogens is 7. The summed E-state index contributed by atoms with van der Waals surface area (Å²) in [5.74, 6) is 1.22. The Labute approximate surface area is 148 Å². The van der Waals surface area contributed by atoms with Crippen LogP contribution >= 0.6 is 0 Å². The monoisotopic (exact) mass is 349 g/mol. The second kappa shape index (κ2) is 6.24. The van der Waals surface area contributed by atoms with Crippen LogP contribution in [-0.2, 0) is 7.05 Å². The average Bonchev–Trinajstić information content (AvgIpc) is 3.30. The van der Waals surface area contributed by atoms with E-state index in [0.717, 1.165) is 5.69 Å². The van der Waals surface area contributed by atoms with Gasteiger partial charge in [0, 0.05) is 26.0 Å². The number of nitrogens with zero attached hydrogens (tertiary/aromatic N) is 8. The summed E-state index contributed by atoms with van der Waals surface area (Å²) in [6, 6.07) is 11.4. The quantitative estimate of drug-likeness (QED) is 0.585. The molecule has 1 aromatic carbocycles. The summed E-state index contributed by atoms with van der Waals surface area (Å²) in [5, 5.41) is 8.02. The topological polar surface area (TPSA) is 125 Å². The molecule has 0 aliphatic heterocycles. The number of anilines is 3. The van der Waals surface area contributed by atoms with Crippen molar-refractivity contribution in [1.82, 2.24) is 34.9 Å². The van der Waals surface area contributed by atoms with Crippen molar-refractivity contribution in [2.24, 2.45) is 7.05 Å². The lowest BCUT2D eigenvalue weighted by atomic mass is 10.3. The molecule has 3 heterocycles. The van der Waals surface area contributed by atoms with Crippen LogP contribution in [0.3, 0.4) is 0 Å². The predicted octanol–water partition coefficient (Wildman–Crippen LogP) is 1.67. The summed E-state index contributed by atoms with van der Waals surface area (Å²) in [7, 11) is 3.62. The molecule has 10 nitrogen and oxygen atoms in total. The second-order valence-electron chi connectivity index (χ2n) is 5.47. The number of hydrogen-bond donors (Lipinski definition) is 1. The zero-order valence-electron chi connectivity index (χ0n) is 14.1. The van der Waals surface area contributed by atoms with Crippen LogP contribution in [0.15, 0.2) is 47.1 Å². The van der Waals surface area contributed by atoms with Gasteiger partial charge >= 0.3 is 0 Å². The van der Waals surface area contributed by atoms with Gasteiger partial charge in [-0.05, 0) is 18.2 Å². The number of aryl methyl sites for hydroxylation is 1. The number of hydrogen-bond acceptors (Lipinski definition) is 9. The number of rotatable bonds is 4. The Morgan fingerprint density at radius 2 is 1.81 bits per heavy atom. The Bertz CT molecular complexity index is 1040. The first-order valence-electron chi connectivity index (χ1n) is 7.74. The number of nitrogen functional groups attached to an aromatic ring is 1. The van der Waals surface area contributed by atoms with Crippen molar-refractivity contribution >= 4 is 17.6 Å². The van der Waals surface area contributed by atoms with Crippen molar-refractivity contribution in [2.75, 3.05) is 17.7 Å². The molecule has 26 heavy (non-hydrogen) atoms. The summed E-state index contributed by atoms with van der Waals surface area (Å²) >= 11 is 0. The Morgan fingerprint density at radius 1 is 1.00 bits per heavy atom. The minimum absolute atomic E-state index is 0.0691. The predicted molar refractivity (Wildman–Crippen MR) is 94.2 cm³/mol. The van der Waals surface area contributed by atoms with Gasteiger partial charge in [0.25, 0.3) is 5.89 Å².